The number of hydrogen-bond donors (Lipinski definition) is 0. The molecular formula is C21H21N3O2. The molecule has 1 fully saturated rings. The van der Waals surface area contributed by atoms with Crippen LogP contribution in [-0.4, -0.2) is 47.0 Å². The van der Waals surface area contributed by atoms with E-state index in [1.165, 1.54) is 0 Å². The van der Waals surface area contributed by atoms with Gasteiger partial charge in [0, 0.05) is 49.9 Å². The standard InChI is InChI=1S/C21H21N3O2/c25-21(18-9-5-2-6-10-18)24-13-11-23(12-14-24)16-19-15-20(26-22-19)17-7-3-1-4-8-17/h1-10,15H,11-14,16H2. The van der Waals surface area contributed by atoms with Crippen LogP contribution in [0.5, 0.6) is 0 Å². The molecule has 1 aliphatic rings. The van der Waals surface area contributed by atoms with Crippen molar-refractivity contribution in [2.24, 2.45) is 0 Å². The predicted molar refractivity (Wildman–Crippen MR) is 99.6 cm³/mol. The maximum absolute atomic E-state index is 12.5. The van der Waals surface area contributed by atoms with Crippen LogP contribution >= 0.6 is 0 Å². The summed E-state index contributed by atoms with van der Waals surface area (Å²) in [5.74, 6) is 0.900. The average molecular weight is 347 g/mol. The first-order chi connectivity index (χ1) is 12.8. The Labute approximate surface area is 152 Å². The molecule has 132 valence electrons. The van der Waals surface area contributed by atoms with Crippen molar-refractivity contribution in [1.29, 1.82) is 0 Å². The normalized spacial score (nSPS) is 15.2. The van der Waals surface area contributed by atoms with Gasteiger partial charge in [0.1, 0.15) is 0 Å². The third kappa shape index (κ3) is 3.68. The zero-order valence-corrected chi connectivity index (χ0v) is 14.5. The van der Waals surface area contributed by atoms with Crippen molar-refractivity contribution >= 4 is 5.91 Å². The van der Waals surface area contributed by atoms with Crippen LogP contribution in [0.25, 0.3) is 11.3 Å². The van der Waals surface area contributed by atoms with E-state index in [-0.39, 0.29) is 5.91 Å². The SMILES string of the molecule is O=C(c1ccccc1)N1CCN(Cc2cc(-c3ccccc3)on2)CC1. The number of carbonyl (C=O) groups is 1. The van der Waals surface area contributed by atoms with Crippen molar-refractivity contribution in [3.8, 4) is 11.3 Å². The Balaban J connectivity index is 1.33. The van der Waals surface area contributed by atoms with Gasteiger partial charge in [-0.05, 0) is 12.1 Å². The first-order valence-electron chi connectivity index (χ1n) is 8.87. The van der Waals surface area contributed by atoms with Gasteiger partial charge < -0.3 is 9.42 Å². The lowest BCUT2D eigenvalue weighted by atomic mass is 10.1. The van der Waals surface area contributed by atoms with Gasteiger partial charge in [-0.1, -0.05) is 53.7 Å². The molecule has 2 heterocycles. The van der Waals surface area contributed by atoms with Crippen LogP contribution in [0, 0.1) is 0 Å². The molecule has 0 radical (unpaired) electrons. The van der Waals surface area contributed by atoms with Gasteiger partial charge in [-0.2, -0.15) is 0 Å². The van der Waals surface area contributed by atoms with Crippen LogP contribution in [0.15, 0.2) is 71.3 Å². The maximum atomic E-state index is 12.5. The van der Waals surface area contributed by atoms with Crippen LogP contribution in [0.1, 0.15) is 16.1 Å². The summed E-state index contributed by atoms with van der Waals surface area (Å²) < 4.78 is 5.47. The second-order valence-electron chi connectivity index (χ2n) is 6.48. The second kappa shape index (κ2) is 7.54. The quantitative estimate of drug-likeness (QED) is 0.727. The van der Waals surface area contributed by atoms with Gasteiger partial charge >= 0.3 is 0 Å². The number of hydrogen-bond acceptors (Lipinski definition) is 4. The van der Waals surface area contributed by atoms with Gasteiger partial charge in [-0.25, -0.2) is 0 Å². The van der Waals surface area contributed by atoms with Crippen molar-refractivity contribution in [3.63, 3.8) is 0 Å². The Bertz CT molecular complexity index is 853. The summed E-state index contributed by atoms with van der Waals surface area (Å²) in [6.45, 7) is 3.89. The second-order valence-corrected chi connectivity index (χ2v) is 6.48. The molecule has 1 amide bonds. The minimum absolute atomic E-state index is 0.109. The Morgan fingerprint density at radius 1 is 0.923 bits per heavy atom. The van der Waals surface area contributed by atoms with Crippen LogP contribution in [0.2, 0.25) is 0 Å². The molecule has 26 heavy (non-hydrogen) atoms. The molecule has 5 nitrogen and oxygen atoms in total. The summed E-state index contributed by atoms with van der Waals surface area (Å²) in [6.07, 6.45) is 0. The molecule has 0 unspecified atom stereocenters. The van der Waals surface area contributed by atoms with Gasteiger partial charge in [0.05, 0.1) is 5.69 Å². The molecule has 0 saturated carbocycles. The first-order valence-corrected chi connectivity index (χ1v) is 8.87. The molecule has 0 bridgehead atoms. The van der Waals surface area contributed by atoms with Crippen molar-refractivity contribution in [2.45, 2.75) is 6.54 Å². The van der Waals surface area contributed by atoms with Gasteiger partial charge in [-0.3, -0.25) is 9.69 Å². The summed E-state index contributed by atoms with van der Waals surface area (Å²) in [6, 6.07) is 21.4. The number of rotatable bonds is 4. The van der Waals surface area contributed by atoms with E-state index in [0.717, 1.165) is 55.3 Å². The number of nitrogens with zero attached hydrogens (tertiary/aromatic N) is 3. The minimum atomic E-state index is 0.109. The summed E-state index contributed by atoms with van der Waals surface area (Å²) in [4.78, 5) is 16.7. The highest BCUT2D eigenvalue weighted by molar-refractivity contribution is 5.94. The Morgan fingerprint density at radius 3 is 2.27 bits per heavy atom. The third-order valence-corrected chi connectivity index (χ3v) is 4.68. The van der Waals surface area contributed by atoms with Crippen molar-refractivity contribution in [1.82, 2.24) is 15.0 Å². The molecule has 1 aromatic heterocycles. The van der Waals surface area contributed by atoms with Crippen LogP contribution in [0.4, 0.5) is 0 Å². The lowest BCUT2D eigenvalue weighted by Gasteiger charge is -2.34. The van der Waals surface area contributed by atoms with Crippen molar-refractivity contribution in [2.75, 3.05) is 26.2 Å². The molecule has 3 aromatic rings. The lowest BCUT2D eigenvalue weighted by molar-refractivity contribution is 0.0625. The van der Waals surface area contributed by atoms with Gasteiger partial charge in [0.2, 0.25) is 0 Å². The molecule has 5 heteroatoms. The summed E-state index contributed by atoms with van der Waals surface area (Å²) in [5, 5.41) is 4.19. The van der Waals surface area contributed by atoms with Crippen LogP contribution in [-0.2, 0) is 6.54 Å². The van der Waals surface area contributed by atoms with E-state index < -0.39 is 0 Å². The highest BCUT2D eigenvalue weighted by atomic mass is 16.5. The zero-order chi connectivity index (χ0) is 17.8. The van der Waals surface area contributed by atoms with Crippen LogP contribution < -0.4 is 0 Å². The fraction of sp³-hybridized carbons (Fsp3) is 0.238. The number of carbonyl (C=O) groups excluding carboxylic acids is 1. The highest BCUT2D eigenvalue weighted by Gasteiger charge is 2.22. The molecule has 0 atom stereocenters. The van der Waals surface area contributed by atoms with E-state index in [2.05, 4.69) is 10.1 Å². The van der Waals surface area contributed by atoms with E-state index in [9.17, 15) is 4.79 Å². The summed E-state index contributed by atoms with van der Waals surface area (Å²) in [7, 11) is 0. The molecule has 0 N–H and O–H groups in total. The third-order valence-electron chi connectivity index (χ3n) is 4.68. The van der Waals surface area contributed by atoms with Gasteiger partial charge in [0.15, 0.2) is 5.76 Å². The average Bonchev–Trinajstić information content (AvgIpc) is 3.18. The Morgan fingerprint density at radius 2 is 1.58 bits per heavy atom. The monoisotopic (exact) mass is 347 g/mol. The minimum Gasteiger partial charge on any atom is -0.356 e. The highest BCUT2D eigenvalue weighted by Crippen LogP contribution is 2.20. The number of benzene rings is 2. The first kappa shape index (κ1) is 16.5. The number of piperazine rings is 1. The molecular weight excluding hydrogens is 326 g/mol. The lowest BCUT2D eigenvalue weighted by Crippen LogP contribution is -2.48. The topological polar surface area (TPSA) is 49.6 Å². The zero-order valence-electron chi connectivity index (χ0n) is 14.5. The largest absolute Gasteiger partial charge is 0.356 e. The van der Waals surface area contributed by atoms with Gasteiger partial charge in [-0.15, -0.1) is 0 Å². The molecule has 0 spiro atoms. The molecule has 4 rings (SSSR count). The van der Waals surface area contributed by atoms with Gasteiger partial charge in [0.25, 0.3) is 5.91 Å². The van der Waals surface area contributed by atoms with E-state index in [1.54, 1.807) is 0 Å². The smallest absolute Gasteiger partial charge is 0.253 e. The Kier molecular flexibility index (Phi) is 4.80. The summed E-state index contributed by atoms with van der Waals surface area (Å²) in [5.41, 5.74) is 2.71. The maximum Gasteiger partial charge on any atom is 0.253 e. The molecule has 0 aliphatic carbocycles. The fourth-order valence-electron chi connectivity index (χ4n) is 3.23. The van der Waals surface area contributed by atoms with E-state index in [0.29, 0.717) is 0 Å². The fourth-order valence-corrected chi connectivity index (χ4v) is 3.23. The van der Waals surface area contributed by atoms with E-state index >= 15 is 0 Å². The molecule has 1 aliphatic heterocycles. The number of amides is 1. The Hall–Kier alpha value is -2.92. The van der Waals surface area contributed by atoms with Crippen LogP contribution in [0.3, 0.4) is 0 Å². The van der Waals surface area contributed by atoms with E-state index in [1.807, 2.05) is 71.6 Å². The molecule has 1 saturated heterocycles. The molecule has 2 aromatic carbocycles. The number of aromatic nitrogens is 1. The summed E-state index contributed by atoms with van der Waals surface area (Å²) >= 11 is 0. The predicted octanol–water partition coefficient (Wildman–Crippen LogP) is 3.30. The van der Waals surface area contributed by atoms with Crippen molar-refractivity contribution < 1.29 is 9.32 Å². The van der Waals surface area contributed by atoms with Crippen molar-refractivity contribution in [3.05, 3.63) is 78.0 Å². The van der Waals surface area contributed by atoms with E-state index in [4.69, 9.17) is 4.52 Å².